The van der Waals surface area contributed by atoms with Crippen LogP contribution in [0.15, 0.2) is 24.3 Å². The molecule has 1 aliphatic rings. The molecule has 3 nitrogen and oxygen atoms in total. The highest BCUT2D eigenvalue weighted by Gasteiger charge is 2.44. The lowest BCUT2D eigenvalue weighted by atomic mass is 9.80. The average molecular weight is 284 g/mol. The Bertz CT molecular complexity index is 463. The van der Waals surface area contributed by atoms with Gasteiger partial charge in [-0.15, -0.1) is 0 Å². The van der Waals surface area contributed by atoms with Gasteiger partial charge in [0.2, 0.25) is 0 Å². The van der Waals surface area contributed by atoms with Crippen LogP contribution in [0.1, 0.15) is 32.8 Å². The van der Waals surface area contributed by atoms with Gasteiger partial charge in [0.15, 0.2) is 5.79 Å². The first kappa shape index (κ1) is 14.8. The van der Waals surface area contributed by atoms with E-state index in [4.69, 9.17) is 22.1 Å². The van der Waals surface area contributed by atoms with Crippen molar-refractivity contribution in [2.45, 2.75) is 39.0 Å². The molecule has 2 unspecified atom stereocenters. The SMILES string of the molecule is CC1CC(N)C(C)(C)CO[C@@]1(O)c1cccc(Cl)c1. The smallest absolute Gasteiger partial charge is 0.195 e. The van der Waals surface area contributed by atoms with Gasteiger partial charge < -0.3 is 15.6 Å². The van der Waals surface area contributed by atoms with Gasteiger partial charge >= 0.3 is 0 Å². The molecule has 0 aliphatic carbocycles. The highest BCUT2D eigenvalue weighted by Crippen LogP contribution is 2.41. The molecule has 1 aromatic rings. The lowest BCUT2D eigenvalue weighted by Gasteiger charge is -2.33. The molecule has 0 radical (unpaired) electrons. The standard InChI is InChI=1S/C15H22ClNO2/c1-10-7-13(17)14(2,3)9-19-15(10,18)11-5-4-6-12(16)8-11/h4-6,8,10,13,18H,7,9,17H2,1-3H3/t10?,13?,15-/m1/s1. The highest BCUT2D eigenvalue weighted by molar-refractivity contribution is 6.30. The predicted octanol–water partition coefficient (Wildman–Crippen LogP) is 2.90. The second kappa shape index (κ2) is 5.06. The van der Waals surface area contributed by atoms with Gasteiger partial charge in [0.05, 0.1) is 6.61 Å². The lowest BCUT2D eigenvalue weighted by Crippen LogP contribution is -2.39. The van der Waals surface area contributed by atoms with Crippen LogP contribution in [0, 0.1) is 11.3 Å². The van der Waals surface area contributed by atoms with Crippen LogP contribution in [0.4, 0.5) is 0 Å². The highest BCUT2D eigenvalue weighted by atomic mass is 35.5. The summed E-state index contributed by atoms with van der Waals surface area (Å²) in [5.74, 6) is -1.42. The molecule has 3 N–H and O–H groups in total. The third-order valence-corrected chi connectivity index (χ3v) is 4.42. The average Bonchev–Trinajstić information content (AvgIpc) is 2.42. The molecule has 0 aromatic heterocycles. The molecular formula is C15H22ClNO2. The van der Waals surface area contributed by atoms with Crippen molar-refractivity contribution >= 4 is 11.6 Å². The summed E-state index contributed by atoms with van der Waals surface area (Å²) in [6, 6.07) is 7.19. The van der Waals surface area contributed by atoms with E-state index in [-0.39, 0.29) is 17.4 Å². The number of nitrogens with two attached hydrogens (primary N) is 1. The van der Waals surface area contributed by atoms with Gasteiger partial charge in [0.1, 0.15) is 0 Å². The molecule has 1 aliphatic heterocycles. The van der Waals surface area contributed by atoms with Crippen molar-refractivity contribution in [3.05, 3.63) is 34.9 Å². The van der Waals surface area contributed by atoms with Crippen molar-refractivity contribution in [3.8, 4) is 0 Å². The Morgan fingerprint density at radius 3 is 2.74 bits per heavy atom. The minimum atomic E-state index is -1.32. The van der Waals surface area contributed by atoms with E-state index in [1.807, 2.05) is 19.1 Å². The summed E-state index contributed by atoms with van der Waals surface area (Å²) in [6.07, 6.45) is 0.704. The fraction of sp³-hybridized carbons (Fsp3) is 0.600. The van der Waals surface area contributed by atoms with Gasteiger partial charge in [-0.05, 0) is 18.6 Å². The van der Waals surface area contributed by atoms with E-state index in [9.17, 15) is 5.11 Å². The maximum absolute atomic E-state index is 10.9. The molecule has 1 saturated heterocycles. The van der Waals surface area contributed by atoms with Crippen LogP contribution < -0.4 is 5.73 Å². The Labute approximate surface area is 119 Å². The molecule has 0 bridgehead atoms. The Morgan fingerprint density at radius 1 is 1.42 bits per heavy atom. The monoisotopic (exact) mass is 283 g/mol. The van der Waals surface area contributed by atoms with Crippen molar-refractivity contribution in [1.29, 1.82) is 0 Å². The summed E-state index contributed by atoms with van der Waals surface area (Å²) < 4.78 is 5.85. The largest absolute Gasteiger partial charge is 0.362 e. The molecule has 0 saturated carbocycles. The fourth-order valence-electron chi connectivity index (χ4n) is 2.48. The van der Waals surface area contributed by atoms with Gasteiger partial charge in [-0.2, -0.15) is 0 Å². The molecule has 0 amide bonds. The van der Waals surface area contributed by atoms with Crippen LogP contribution >= 0.6 is 11.6 Å². The third-order valence-electron chi connectivity index (χ3n) is 4.18. The Kier molecular flexibility index (Phi) is 3.94. The summed E-state index contributed by atoms with van der Waals surface area (Å²) in [4.78, 5) is 0. The zero-order valence-electron chi connectivity index (χ0n) is 11.7. The van der Waals surface area contributed by atoms with Crippen molar-refractivity contribution in [3.63, 3.8) is 0 Å². The molecule has 1 aromatic carbocycles. The first-order valence-electron chi connectivity index (χ1n) is 6.63. The summed E-state index contributed by atoms with van der Waals surface area (Å²) >= 11 is 6.01. The number of benzene rings is 1. The minimum absolute atomic E-state index is 0.00397. The number of ether oxygens (including phenoxy) is 1. The van der Waals surface area contributed by atoms with Gasteiger partial charge in [0, 0.05) is 28.0 Å². The van der Waals surface area contributed by atoms with Crippen molar-refractivity contribution in [1.82, 2.24) is 0 Å². The molecule has 1 heterocycles. The first-order chi connectivity index (χ1) is 8.75. The number of hydrogen-bond donors (Lipinski definition) is 2. The Balaban J connectivity index is 2.37. The van der Waals surface area contributed by atoms with E-state index in [2.05, 4.69) is 13.8 Å². The van der Waals surface area contributed by atoms with E-state index in [1.165, 1.54) is 0 Å². The molecule has 106 valence electrons. The fourth-order valence-corrected chi connectivity index (χ4v) is 2.67. The normalized spacial score (nSPS) is 34.8. The van der Waals surface area contributed by atoms with Gasteiger partial charge in [-0.25, -0.2) is 0 Å². The van der Waals surface area contributed by atoms with E-state index in [1.54, 1.807) is 12.1 Å². The topological polar surface area (TPSA) is 55.5 Å². The van der Waals surface area contributed by atoms with Crippen LogP contribution in [-0.4, -0.2) is 17.8 Å². The van der Waals surface area contributed by atoms with E-state index >= 15 is 0 Å². The molecule has 3 atom stereocenters. The third kappa shape index (κ3) is 2.79. The summed E-state index contributed by atoms with van der Waals surface area (Å²) in [6.45, 7) is 6.51. The maximum Gasteiger partial charge on any atom is 0.195 e. The summed E-state index contributed by atoms with van der Waals surface area (Å²) in [5.41, 5.74) is 6.75. The molecule has 4 heteroatoms. The van der Waals surface area contributed by atoms with E-state index < -0.39 is 5.79 Å². The Morgan fingerprint density at radius 2 is 2.11 bits per heavy atom. The zero-order valence-corrected chi connectivity index (χ0v) is 12.4. The number of halogens is 1. The van der Waals surface area contributed by atoms with Gasteiger partial charge in [0.25, 0.3) is 0 Å². The number of aliphatic hydroxyl groups is 1. The molecular weight excluding hydrogens is 262 g/mol. The quantitative estimate of drug-likeness (QED) is 0.833. The molecule has 1 fully saturated rings. The van der Waals surface area contributed by atoms with Crippen LogP contribution in [0.25, 0.3) is 0 Å². The number of hydrogen-bond acceptors (Lipinski definition) is 3. The molecule has 2 rings (SSSR count). The van der Waals surface area contributed by atoms with Crippen LogP contribution in [0.3, 0.4) is 0 Å². The van der Waals surface area contributed by atoms with Crippen LogP contribution in [-0.2, 0) is 10.5 Å². The van der Waals surface area contributed by atoms with Gasteiger partial charge in [-0.1, -0.05) is 44.5 Å². The van der Waals surface area contributed by atoms with Crippen molar-refractivity contribution in [2.24, 2.45) is 17.1 Å². The van der Waals surface area contributed by atoms with Crippen LogP contribution in [0.5, 0.6) is 0 Å². The molecule has 0 spiro atoms. The van der Waals surface area contributed by atoms with Crippen molar-refractivity contribution in [2.75, 3.05) is 6.61 Å². The van der Waals surface area contributed by atoms with Crippen molar-refractivity contribution < 1.29 is 9.84 Å². The van der Waals surface area contributed by atoms with Crippen LogP contribution in [0.2, 0.25) is 5.02 Å². The maximum atomic E-state index is 10.9. The second-order valence-corrected chi connectivity index (χ2v) is 6.66. The molecule has 19 heavy (non-hydrogen) atoms. The summed E-state index contributed by atoms with van der Waals surface area (Å²) in [7, 11) is 0. The first-order valence-corrected chi connectivity index (χ1v) is 7.01. The van der Waals surface area contributed by atoms with E-state index in [0.29, 0.717) is 23.6 Å². The number of rotatable bonds is 1. The lowest BCUT2D eigenvalue weighted by molar-refractivity contribution is -0.245. The minimum Gasteiger partial charge on any atom is -0.362 e. The second-order valence-electron chi connectivity index (χ2n) is 6.23. The predicted molar refractivity (Wildman–Crippen MR) is 76.8 cm³/mol. The van der Waals surface area contributed by atoms with E-state index in [0.717, 1.165) is 0 Å². The summed E-state index contributed by atoms with van der Waals surface area (Å²) in [5, 5.41) is 11.5. The van der Waals surface area contributed by atoms with Gasteiger partial charge in [-0.3, -0.25) is 0 Å². The Hall–Kier alpha value is -0.610. The zero-order chi connectivity index (χ0) is 14.3.